The molecule has 1 radical (unpaired) electrons. The maximum atomic E-state index is 11.8. The topological polar surface area (TPSA) is 141 Å². The zero-order valence-electron chi connectivity index (χ0n) is 15.1. The van der Waals surface area contributed by atoms with Gasteiger partial charge in [-0.15, -0.1) is 11.5 Å². The van der Waals surface area contributed by atoms with Gasteiger partial charge in [-0.2, -0.15) is 0 Å². The molecule has 1 aromatic carbocycles. The molecule has 0 saturated carbocycles. The molecule has 0 aliphatic carbocycles. The molecule has 7 heteroatoms. The molecular formula is C18H20CoN4O2-6. The van der Waals surface area contributed by atoms with Crippen molar-refractivity contribution in [1.29, 1.82) is 21.0 Å². The van der Waals surface area contributed by atoms with E-state index in [-0.39, 0.29) is 33.4 Å². The first-order valence-corrected chi connectivity index (χ1v) is 6.46. The van der Waals surface area contributed by atoms with Crippen molar-refractivity contribution in [3.8, 4) is 11.5 Å². The molecule has 1 aromatic rings. The first kappa shape index (κ1) is 33.8. The zero-order chi connectivity index (χ0) is 20.7. The van der Waals surface area contributed by atoms with Gasteiger partial charge in [0.05, 0.1) is 0 Å². The van der Waals surface area contributed by atoms with E-state index < -0.39 is 5.75 Å². The summed E-state index contributed by atoms with van der Waals surface area (Å²) in [5.74, 6) is -0.752. The van der Waals surface area contributed by atoms with Crippen molar-refractivity contribution in [2.45, 2.75) is 52.4 Å². The van der Waals surface area contributed by atoms with Gasteiger partial charge >= 0.3 is 0 Å². The van der Waals surface area contributed by atoms with Crippen LogP contribution in [0.25, 0.3) is 0 Å². The number of hydrogen-bond acceptors (Lipinski definition) is 6. The van der Waals surface area contributed by atoms with Gasteiger partial charge in [0.15, 0.2) is 0 Å². The summed E-state index contributed by atoms with van der Waals surface area (Å²) in [4.78, 5) is 0. The SMILES string of the molecule is CC(C)(C)c1cc([O-])c([O-])c(C(C)(C)C)c1.[C-]#N.[C-]#N.[C-]#N.[C-]#N.[Co]. The summed E-state index contributed by atoms with van der Waals surface area (Å²) in [6.07, 6.45) is 0. The molecule has 0 aromatic heterocycles. The largest absolute Gasteiger partial charge is 0.873 e. The molecular weight excluding hydrogens is 363 g/mol. The van der Waals surface area contributed by atoms with Crippen LogP contribution in [0.5, 0.6) is 11.5 Å². The standard InChI is InChI=1S/C14H22O2.4CN.Co/c1-13(2,3)9-7-10(14(4,5)6)12(16)11(15)8-9;4*1-2;/h7-8,15-16H,1-6H3;;;;;/q;4*-1;/p-2. The zero-order valence-corrected chi connectivity index (χ0v) is 16.1. The normalized spacial score (nSPS) is 8.56. The molecule has 0 spiro atoms. The second kappa shape index (κ2) is 16.2. The molecule has 0 aliphatic rings. The fourth-order valence-corrected chi connectivity index (χ4v) is 1.59. The monoisotopic (exact) mass is 383 g/mol. The molecule has 0 aliphatic heterocycles. The Morgan fingerprint density at radius 3 is 1.24 bits per heavy atom. The minimum absolute atomic E-state index is 0. The molecule has 0 bridgehead atoms. The third-order valence-corrected chi connectivity index (χ3v) is 2.73. The Morgan fingerprint density at radius 1 is 0.680 bits per heavy atom. The van der Waals surface area contributed by atoms with Crippen molar-refractivity contribution in [1.82, 2.24) is 0 Å². The molecule has 25 heavy (non-hydrogen) atoms. The Kier molecular flexibility index (Phi) is 21.8. The van der Waals surface area contributed by atoms with E-state index in [0.717, 1.165) is 5.56 Å². The van der Waals surface area contributed by atoms with Gasteiger partial charge in [-0.25, -0.2) is 0 Å². The van der Waals surface area contributed by atoms with Crippen LogP contribution < -0.4 is 10.2 Å². The van der Waals surface area contributed by atoms with Crippen LogP contribution in [0.15, 0.2) is 12.1 Å². The number of rotatable bonds is 0. The third-order valence-electron chi connectivity index (χ3n) is 2.73. The Hall–Kier alpha value is -2.71. The van der Waals surface area contributed by atoms with E-state index in [1.165, 1.54) is 6.07 Å². The molecule has 6 nitrogen and oxygen atoms in total. The van der Waals surface area contributed by atoms with Gasteiger partial charge in [0.1, 0.15) is 0 Å². The van der Waals surface area contributed by atoms with Crippen molar-refractivity contribution in [2.75, 3.05) is 0 Å². The second-order valence-electron chi connectivity index (χ2n) is 6.35. The van der Waals surface area contributed by atoms with Crippen molar-refractivity contribution in [2.24, 2.45) is 0 Å². The van der Waals surface area contributed by atoms with Crippen LogP contribution in [0.4, 0.5) is 0 Å². The average Bonchev–Trinajstić information content (AvgIpc) is 2.55. The van der Waals surface area contributed by atoms with Crippen LogP contribution in [0.3, 0.4) is 0 Å². The molecule has 139 valence electrons. The van der Waals surface area contributed by atoms with E-state index in [1.807, 2.05) is 47.6 Å². The summed E-state index contributed by atoms with van der Waals surface area (Å²) in [5.41, 5.74) is 1.16. The van der Waals surface area contributed by atoms with Gasteiger partial charge in [0, 0.05) is 16.8 Å². The maximum Gasteiger partial charge on any atom is 0 e. The van der Waals surface area contributed by atoms with Crippen LogP contribution in [-0.4, -0.2) is 0 Å². The quantitative estimate of drug-likeness (QED) is 0.631. The van der Waals surface area contributed by atoms with Gasteiger partial charge in [-0.3, -0.25) is 0 Å². The van der Waals surface area contributed by atoms with E-state index in [9.17, 15) is 10.2 Å². The van der Waals surface area contributed by atoms with Crippen LogP contribution in [0.1, 0.15) is 52.7 Å². The molecule has 0 saturated heterocycles. The number of nitrogens with zero attached hydrogens (tertiary/aromatic N) is 4. The molecule has 0 amide bonds. The number of hydrogen-bond donors (Lipinski definition) is 0. The smallest absolute Gasteiger partial charge is 0 e. The molecule has 1 rings (SSSR count). The summed E-state index contributed by atoms with van der Waals surface area (Å²) in [6, 6.07) is 3.35. The van der Waals surface area contributed by atoms with Gasteiger partial charge in [0.25, 0.3) is 0 Å². The summed E-state index contributed by atoms with van der Waals surface area (Å²) in [7, 11) is 0. The van der Waals surface area contributed by atoms with Gasteiger partial charge in [-0.1, -0.05) is 59.2 Å². The summed E-state index contributed by atoms with van der Waals surface area (Å²) < 4.78 is 0. The minimum Gasteiger partial charge on any atom is -0.873 e. The van der Waals surface area contributed by atoms with Crippen LogP contribution >= 0.6 is 0 Å². The van der Waals surface area contributed by atoms with Crippen molar-refractivity contribution in [3.05, 3.63) is 49.5 Å². The van der Waals surface area contributed by atoms with Gasteiger partial charge in [-0.05, 0) is 16.4 Å². The van der Waals surface area contributed by atoms with Crippen LogP contribution in [-0.2, 0) is 27.6 Å². The van der Waals surface area contributed by atoms with Gasteiger partial charge < -0.3 is 57.5 Å². The maximum absolute atomic E-state index is 11.8. The van der Waals surface area contributed by atoms with E-state index in [1.54, 1.807) is 0 Å². The van der Waals surface area contributed by atoms with E-state index >= 15 is 0 Å². The van der Waals surface area contributed by atoms with Crippen molar-refractivity contribution in [3.63, 3.8) is 0 Å². The Labute approximate surface area is 161 Å². The van der Waals surface area contributed by atoms with Crippen LogP contribution in [0, 0.1) is 47.3 Å². The van der Waals surface area contributed by atoms with Crippen molar-refractivity contribution < 1.29 is 27.0 Å². The first-order chi connectivity index (χ1) is 11.0. The summed E-state index contributed by atoms with van der Waals surface area (Å²) in [5, 5.41) is 48.4. The third kappa shape index (κ3) is 12.4. The van der Waals surface area contributed by atoms with Gasteiger partial charge in [0.2, 0.25) is 0 Å². The van der Waals surface area contributed by atoms with E-state index in [2.05, 4.69) is 0 Å². The number of benzene rings is 1. The predicted octanol–water partition coefficient (Wildman–Crippen LogP) is 2.81. The van der Waals surface area contributed by atoms with Crippen LogP contribution in [0.2, 0.25) is 0 Å². The Bertz CT molecular complexity index is 539. The summed E-state index contributed by atoms with van der Waals surface area (Å²) in [6.45, 7) is 31.0. The van der Waals surface area contributed by atoms with Crippen molar-refractivity contribution >= 4 is 0 Å². The molecule has 0 atom stereocenters. The molecule has 0 N–H and O–H groups in total. The molecule has 0 unspecified atom stereocenters. The predicted molar refractivity (Wildman–Crippen MR) is 82.6 cm³/mol. The first-order valence-electron chi connectivity index (χ1n) is 6.46. The summed E-state index contributed by atoms with van der Waals surface area (Å²) >= 11 is 0. The molecule has 0 fully saturated rings. The van der Waals surface area contributed by atoms with E-state index in [4.69, 9.17) is 47.3 Å². The second-order valence-corrected chi connectivity index (χ2v) is 6.35. The fraction of sp³-hybridized carbons (Fsp3) is 0.444. The Balaban J connectivity index is -0.000000130. The minimum atomic E-state index is -0.391. The van der Waals surface area contributed by atoms with E-state index in [0.29, 0.717) is 5.56 Å². The Morgan fingerprint density at radius 2 is 1.00 bits per heavy atom. The average molecular weight is 383 g/mol. The molecule has 0 heterocycles. The fourth-order valence-electron chi connectivity index (χ4n) is 1.59.